The van der Waals surface area contributed by atoms with Crippen LogP contribution in [0.5, 0.6) is 5.88 Å². The molecule has 1 heterocycles. The predicted octanol–water partition coefficient (Wildman–Crippen LogP) is 0.544. The largest absolute Gasteiger partial charge is 0.468 e. The standard InChI is InChI=1S/C8H11N5O3/c1-3-4-16-7-6(13(14)15)5(2)10-8(11-7)12-9/h3H,1,4,9H2,2H3,(H,10,11,12). The minimum absolute atomic E-state index is 0.0576. The molecule has 16 heavy (non-hydrogen) atoms. The van der Waals surface area contributed by atoms with Crippen LogP contribution in [0, 0.1) is 17.0 Å². The Bertz CT molecular complexity index is 420. The van der Waals surface area contributed by atoms with E-state index in [1.165, 1.54) is 13.0 Å². The Labute approximate surface area is 91.3 Å². The first-order valence-electron chi connectivity index (χ1n) is 4.33. The second-order valence-electron chi connectivity index (χ2n) is 2.79. The van der Waals surface area contributed by atoms with Gasteiger partial charge in [-0.2, -0.15) is 4.98 Å². The zero-order valence-corrected chi connectivity index (χ0v) is 8.64. The summed E-state index contributed by atoms with van der Waals surface area (Å²) < 4.78 is 5.06. The van der Waals surface area contributed by atoms with Crippen molar-refractivity contribution in [2.75, 3.05) is 12.0 Å². The number of nitrogens with two attached hydrogens (primary N) is 1. The van der Waals surface area contributed by atoms with Crippen LogP contribution in [0.15, 0.2) is 12.7 Å². The van der Waals surface area contributed by atoms with Gasteiger partial charge in [0.2, 0.25) is 5.95 Å². The van der Waals surface area contributed by atoms with Crippen molar-refractivity contribution in [3.63, 3.8) is 0 Å². The number of nitrogens with zero attached hydrogens (tertiary/aromatic N) is 3. The van der Waals surface area contributed by atoms with Crippen molar-refractivity contribution >= 4 is 11.6 Å². The van der Waals surface area contributed by atoms with Gasteiger partial charge in [0.15, 0.2) is 0 Å². The Morgan fingerprint density at radius 1 is 1.69 bits per heavy atom. The van der Waals surface area contributed by atoms with Gasteiger partial charge in [-0.05, 0) is 6.92 Å². The van der Waals surface area contributed by atoms with E-state index in [-0.39, 0.29) is 29.8 Å². The molecule has 8 heteroatoms. The number of hydrogen-bond donors (Lipinski definition) is 2. The van der Waals surface area contributed by atoms with Gasteiger partial charge < -0.3 is 4.74 Å². The number of nitrogens with one attached hydrogen (secondary N) is 1. The van der Waals surface area contributed by atoms with Crippen molar-refractivity contribution in [2.24, 2.45) is 5.84 Å². The molecule has 0 spiro atoms. The minimum Gasteiger partial charge on any atom is -0.468 e. The molecule has 0 radical (unpaired) electrons. The third kappa shape index (κ3) is 2.42. The molecule has 0 unspecified atom stereocenters. The summed E-state index contributed by atoms with van der Waals surface area (Å²) in [5, 5.41) is 10.8. The molecule has 0 saturated carbocycles. The van der Waals surface area contributed by atoms with Crippen LogP contribution >= 0.6 is 0 Å². The zero-order valence-electron chi connectivity index (χ0n) is 8.64. The van der Waals surface area contributed by atoms with E-state index >= 15 is 0 Å². The lowest BCUT2D eigenvalue weighted by Crippen LogP contribution is -2.13. The van der Waals surface area contributed by atoms with Gasteiger partial charge in [0.25, 0.3) is 5.88 Å². The number of aromatic nitrogens is 2. The van der Waals surface area contributed by atoms with Crippen LogP contribution in [0.3, 0.4) is 0 Å². The zero-order chi connectivity index (χ0) is 12.1. The molecule has 86 valence electrons. The third-order valence-corrected chi connectivity index (χ3v) is 1.68. The molecular formula is C8H11N5O3. The Kier molecular flexibility index (Phi) is 3.72. The first-order valence-corrected chi connectivity index (χ1v) is 4.33. The van der Waals surface area contributed by atoms with Gasteiger partial charge in [0, 0.05) is 0 Å². The second kappa shape index (κ2) is 5.03. The topological polar surface area (TPSA) is 116 Å². The van der Waals surface area contributed by atoms with Crippen LogP contribution < -0.4 is 16.0 Å². The SMILES string of the molecule is C=CCOc1nc(NN)nc(C)c1[N+](=O)[O-]. The quantitative estimate of drug-likeness (QED) is 0.325. The van der Waals surface area contributed by atoms with Crippen LogP contribution in [0.1, 0.15) is 5.69 Å². The number of nitro groups is 1. The number of nitrogen functional groups attached to an aromatic ring is 1. The molecule has 1 aromatic heterocycles. The predicted molar refractivity (Wildman–Crippen MR) is 56.9 cm³/mol. The first-order chi connectivity index (χ1) is 7.60. The Morgan fingerprint density at radius 2 is 2.38 bits per heavy atom. The molecule has 0 atom stereocenters. The fraction of sp³-hybridized carbons (Fsp3) is 0.250. The van der Waals surface area contributed by atoms with Gasteiger partial charge >= 0.3 is 5.69 Å². The molecule has 0 amide bonds. The number of anilines is 1. The van der Waals surface area contributed by atoms with E-state index in [9.17, 15) is 10.1 Å². The lowest BCUT2D eigenvalue weighted by molar-refractivity contribution is -0.387. The van der Waals surface area contributed by atoms with Crippen molar-refractivity contribution in [1.82, 2.24) is 9.97 Å². The van der Waals surface area contributed by atoms with Crippen LogP contribution in [0.25, 0.3) is 0 Å². The maximum atomic E-state index is 10.8. The monoisotopic (exact) mass is 225 g/mol. The van der Waals surface area contributed by atoms with Gasteiger partial charge in [0.1, 0.15) is 12.3 Å². The highest BCUT2D eigenvalue weighted by molar-refractivity contribution is 5.48. The molecule has 8 nitrogen and oxygen atoms in total. The third-order valence-electron chi connectivity index (χ3n) is 1.68. The molecule has 0 fully saturated rings. The van der Waals surface area contributed by atoms with Crippen molar-refractivity contribution in [1.29, 1.82) is 0 Å². The maximum absolute atomic E-state index is 10.8. The van der Waals surface area contributed by atoms with Crippen LogP contribution in [0.2, 0.25) is 0 Å². The summed E-state index contributed by atoms with van der Waals surface area (Å²) in [6.45, 7) is 5.02. The van der Waals surface area contributed by atoms with Gasteiger partial charge in [-0.15, -0.1) is 0 Å². The Balaban J connectivity index is 3.22. The molecule has 0 aromatic carbocycles. The lowest BCUT2D eigenvalue weighted by Gasteiger charge is -2.06. The van der Waals surface area contributed by atoms with E-state index in [2.05, 4.69) is 22.0 Å². The normalized spacial score (nSPS) is 9.62. The molecule has 0 bridgehead atoms. The number of hydrazine groups is 1. The van der Waals surface area contributed by atoms with E-state index in [4.69, 9.17) is 10.6 Å². The average Bonchev–Trinajstić information content (AvgIpc) is 2.24. The van der Waals surface area contributed by atoms with Crippen molar-refractivity contribution < 1.29 is 9.66 Å². The number of ether oxygens (including phenoxy) is 1. The summed E-state index contributed by atoms with van der Waals surface area (Å²) in [6.07, 6.45) is 1.46. The summed E-state index contributed by atoms with van der Waals surface area (Å²) >= 11 is 0. The molecule has 0 saturated heterocycles. The highest BCUT2D eigenvalue weighted by Crippen LogP contribution is 2.28. The van der Waals surface area contributed by atoms with Crippen LogP contribution in [-0.2, 0) is 0 Å². The fourth-order valence-corrected chi connectivity index (χ4v) is 1.05. The molecular weight excluding hydrogens is 214 g/mol. The summed E-state index contributed by atoms with van der Waals surface area (Å²) in [4.78, 5) is 17.7. The molecule has 0 aliphatic heterocycles. The van der Waals surface area contributed by atoms with Crippen LogP contribution in [0.4, 0.5) is 11.6 Å². The van der Waals surface area contributed by atoms with Gasteiger partial charge in [-0.25, -0.2) is 10.8 Å². The molecule has 3 N–H and O–H groups in total. The Morgan fingerprint density at radius 3 is 2.88 bits per heavy atom. The van der Waals surface area contributed by atoms with Crippen LogP contribution in [-0.4, -0.2) is 21.5 Å². The molecule has 0 aliphatic rings. The van der Waals surface area contributed by atoms with Gasteiger partial charge in [0.05, 0.1) is 4.92 Å². The fourth-order valence-electron chi connectivity index (χ4n) is 1.05. The van der Waals surface area contributed by atoms with E-state index in [1.807, 2.05) is 0 Å². The van der Waals surface area contributed by atoms with E-state index < -0.39 is 4.92 Å². The summed E-state index contributed by atoms with van der Waals surface area (Å²) in [7, 11) is 0. The maximum Gasteiger partial charge on any atom is 0.352 e. The number of aryl methyl sites for hydroxylation is 1. The summed E-state index contributed by atoms with van der Waals surface area (Å²) in [5.74, 6) is 5.05. The highest BCUT2D eigenvalue weighted by Gasteiger charge is 2.23. The van der Waals surface area contributed by atoms with Crippen molar-refractivity contribution in [3.8, 4) is 5.88 Å². The smallest absolute Gasteiger partial charge is 0.352 e. The summed E-state index contributed by atoms with van der Waals surface area (Å²) in [5.41, 5.74) is 2.10. The van der Waals surface area contributed by atoms with Crippen molar-refractivity contribution in [3.05, 3.63) is 28.5 Å². The highest BCUT2D eigenvalue weighted by atomic mass is 16.6. The van der Waals surface area contributed by atoms with E-state index in [0.717, 1.165) is 0 Å². The van der Waals surface area contributed by atoms with Gasteiger partial charge in [-0.3, -0.25) is 15.5 Å². The van der Waals surface area contributed by atoms with E-state index in [0.29, 0.717) is 0 Å². The minimum atomic E-state index is -0.603. The Hall–Kier alpha value is -2.22. The second-order valence-corrected chi connectivity index (χ2v) is 2.79. The van der Waals surface area contributed by atoms with Crippen molar-refractivity contribution in [2.45, 2.75) is 6.92 Å². The average molecular weight is 225 g/mol. The molecule has 1 rings (SSSR count). The molecule has 1 aromatic rings. The van der Waals surface area contributed by atoms with E-state index in [1.54, 1.807) is 0 Å². The molecule has 0 aliphatic carbocycles. The van der Waals surface area contributed by atoms with Gasteiger partial charge in [-0.1, -0.05) is 12.7 Å². The first kappa shape index (κ1) is 11.9. The lowest BCUT2D eigenvalue weighted by atomic mass is 10.3. The number of hydrogen-bond acceptors (Lipinski definition) is 7. The summed E-state index contributed by atoms with van der Waals surface area (Å²) in [6, 6.07) is 0. The number of rotatable bonds is 5.